The molecule has 0 saturated heterocycles. The highest BCUT2D eigenvalue weighted by atomic mass is 35.5. The van der Waals surface area contributed by atoms with Crippen LogP contribution in [-0.4, -0.2) is 12.4 Å². The van der Waals surface area contributed by atoms with Crippen LogP contribution in [0.1, 0.15) is 15.9 Å². The van der Waals surface area contributed by atoms with Gasteiger partial charge in [-0.05, 0) is 29.8 Å². The van der Waals surface area contributed by atoms with E-state index in [0.717, 1.165) is 5.56 Å². The van der Waals surface area contributed by atoms with E-state index >= 15 is 0 Å². The Morgan fingerprint density at radius 1 is 1.05 bits per heavy atom. The minimum absolute atomic E-state index is 0.0256. The Morgan fingerprint density at radius 3 is 2.62 bits per heavy atom. The minimum atomic E-state index is 0.0256. The van der Waals surface area contributed by atoms with E-state index in [2.05, 4.69) is 0 Å². The van der Waals surface area contributed by atoms with Crippen molar-refractivity contribution in [2.24, 2.45) is 0 Å². The van der Waals surface area contributed by atoms with Gasteiger partial charge in [0.1, 0.15) is 12.4 Å². The highest BCUT2D eigenvalue weighted by molar-refractivity contribution is 6.30. The van der Waals surface area contributed by atoms with Crippen LogP contribution in [0, 0.1) is 0 Å². The van der Waals surface area contributed by atoms with Crippen molar-refractivity contribution in [2.45, 2.75) is 0 Å². The number of hydrogen-bond acceptors (Lipinski definition) is 2. The quantitative estimate of drug-likeness (QED) is 0.760. The van der Waals surface area contributed by atoms with Crippen LogP contribution in [0.5, 0.6) is 5.75 Å². The number of para-hydroxylation sites is 1. The van der Waals surface area contributed by atoms with Gasteiger partial charge in [0.15, 0.2) is 5.78 Å². The summed E-state index contributed by atoms with van der Waals surface area (Å²) in [6.45, 7) is 0.306. The van der Waals surface area contributed by atoms with Gasteiger partial charge in [0.05, 0.1) is 5.56 Å². The number of benzene rings is 2. The van der Waals surface area contributed by atoms with E-state index in [1.165, 1.54) is 0 Å². The predicted molar refractivity (Wildman–Crippen MR) is 84.8 cm³/mol. The van der Waals surface area contributed by atoms with Gasteiger partial charge in [-0.15, -0.1) is 0 Å². The first-order chi connectivity index (χ1) is 10.2. The molecule has 0 amide bonds. The number of Topliss-reactive ketones (excluding diaryl/α,β-unsaturated/α-hetero) is 1. The number of halogens is 1. The maximum Gasteiger partial charge on any atom is 0.196 e. The molecule has 3 rings (SSSR count). The number of carbonyl (C=O) groups excluding carboxylic acids is 1. The Hall–Kier alpha value is -2.32. The van der Waals surface area contributed by atoms with Gasteiger partial charge in [-0.1, -0.05) is 54.1 Å². The number of carbonyl (C=O) groups is 1. The molecule has 0 N–H and O–H groups in total. The first-order valence-corrected chi connectivity index (χ1v) is 7.01. The highest BCUT2D eigenvalue weighted by Crippen LogP contribution is 2.26. The third kappa shape index (κ3) is 3.06. The fourth-order valence-electron chi connectivity index (χ4n) is 2.15. The minimum Gasteiger partial charge on any atom is -0.488 e. The second kappa shape index (κ2) is 5.98. The van der Waals surface area contributed by atoms with Crippen molar-refractivity contribution >= 4 is 23.5 Å². The molecule has 0 aliphatic carbocycles. The zero-order valence-corrected chi connectivity index (χ0v) is 12.0. The molecule has 0 bridgehead atoms. The van der Waals surface area contributed by atoms with Crippen LogP contribution in [0.15, 0.2) is 66.3 Å². The molecule has 1 aliphatic heterocycles. The van der Waals surface area contributed by atoms with Crippen molar-refractivity contribution in [2.75, 3.05) is 6.61 Å². The maximum absolute atomic E-state index is 12.3. The molecule has 0 atom stereocenters. The van der Waals surface area contributed by atoms with Crippen molar-refractivity contribution in [1.29, 1.82) is 0 Å². The smallest absolute Gasteiger partial charge is 0.196 e. The summed E-state index contributed by atoms with van der Waals surface area (Å²) in [5.41, 5.74) is 2.30. The lowest BCUT2D eigenvalue weighted by atomic mass is 10.00. The summed E-state index contributed by atoms with van der Waals surface area (Å²) in [7, 11) is 0. The molecule has 2 nitrogen and oxygen atoms in total. The third-order valence-corrected chi connectivity index (χ3v) is 3.51. The van der Waals surface area contributed by atoms with E-state index in [4.69, 9.17) is 16.3 Å². The van der Waals surface area contributed by atoms with Gasteiger partial charge in [-0.2, -0.15) is 0 Å². The number of ketones is 1. The van der Waals surface area contributed by atoms with E-state index in [1.807, 2.05) is 54.6 Å². The molecular formula is C18H13ClO2. The standard InChI is InChI=1S/C18H13ClO2/c19-15-10-8-13(9-11-15)4-3-5-14-12-21-17-7-2-1-6-16(17)18(14)20/h1-11H,12H2/b4-3+,14-5+. The average Bonchev–Trinajstić information content (AvgIpc) is 2.52. The molecule has 2 aromatic rings. The summed E-state index contributed by atoms with van der Waals surface area (Å²) < 4.78 is 5.58. The van der Waals surface area contributed by atoms with Gasteiger partial charge < -0.3 is 4.74 Å². The topological polar surface area (TPSA) is 26.3 Å². The lowest BCUT2D eigenvalue weighted by Gasteiger charge is -2.17. The van der Waals surface area contributed by atoms with E-state index in [0.29, 0.717) is 28.5 Å². The zero-order chi connectivity index (χ0) is 14.7. The largest absolute Gasteiger partial charge is 0.488 e. The fourth-order valence-corrected chi connectivity index (χ4v) is 2.27. The molecular weight excluding hydrogens is 284 g/mol. The predicted octanol–water partition coefficient (Wildman–Crippen LogP) is 4.55. The summed E-state index contributed by atoms with van der Waals surface area (Å²) in [4.78, 5) is 12.3. The molecule has 0 radical (unpaired) electrons. The molecule has 0 spiro atoms. The average molecular weight is 297 g/mol. The van der Waals surface area contributed by atoms with Gasteiger partial charge in [-0.3, -0.25) is 4.79 Å². The van der Waals surface area contributed by atoms with Crippen molar-refractivity contribution in [1.82, 2.24) is 0 Å². The summed E-state index contributed by atoms with van der Waals surface area (Å²) >= 11 is 5.84. The Bertz CT molecular complexity index is 727. The molecule has 0 saturated carbocycles. The van der Waals surface area contributed by atoms with Crippen molar-refractivity contribution in [3.8, 4) is 5.75 Å². The van der Waals surface area contributed by atoms with Crippen molar-refractivity contribution in [3.05, 3.63) is 82.4 Å². The monoisotopic (exact) mass is 296 g/mol. The van der Waals surface area contributed by atoms with Crippen LogP contribution in [0.3, 0.4) is 0 Å². The van der Waals surface area contributed by atoms with Gasteiger partial charge in [0.25, 0.3) is 0 Å². The van der Waals surface area contributed by atoms with Crippen molar-refractivity contribution in [3.63, 3.8) is 0 Å². The first kappa shape index (κ1) is 13.7. The van der Waals surface area contributed by atoms with Gasteiger partial charge in [0.2, 0.25) is 0 Å². The molecule has 21 heavy (non-hydrogen) atoms. The number of hydrogen-bond donors (Lipinski definition) is 0. The molecule has 0 fully saturated rings. The van der Waals surface area contributed by atoms with Crippen LogP contribution in [0.4, 0.5) is 0 Å². The van der Waals surface area contributed by atoms with E-state index < -0.39 is 0 Å². The van der Waals surface area contributed by atoms with E-state index in [9.17, 15) is 4.79 Å². The molecule has 104 valence electrons. The zero-order valence-electron chi connectivity index (χ0n) is 11.3. The van der Waals surface area contributed by atoms with Crippen LogP contribution in [0.2, 0.25) is 5.02 Å². The van der Waals surface area contributed by atoms with Gasteiger partial charge >= 0.3 is 0 Å². The summed E-state index contributed by atoms with van der Waals surface area (Å²) in [5.74, 6) is 0.680. The highest BCUT2D eigenvalue weighted by Gasteiger charge is 2.21. The lowest BCUT2D eigenvalue weighted by molar-refractivity contribution is 0.0999. The second-order valence-corrected chi connectivity index (χ2v) is 5.15. The number of ether oxygens (including phenoxy) is 1. The molecule has 1 aliphatic rings. The summed E-state index contributed by atoms with van der Waals surface area (Å²) in [6.07, 6.45) is 5.58. The summed E-state index contributed by atoms with van der Waals surface area (Å²) in [5, 5.41) is 0.706. The van der Waals surface area contributed by atoms with Gasteiger partial charge in [-0.25, -0.2) is 0 Å². The SMILES string of the molecule is O=C1/C(=C/C=C/c2ccc(Cl)cc2)COc2ccccc21. The van der Waals surface area contributed by atoms with Crippen LogP contribution in [-0.2, 0) is 0 Å². The Balaban J connectivity index is 1.79. The van der Waals surface area contributed by atoms with Crippen molar-refractivity contribution < 1.29 is 9.53 Å². The first-order valence-electron chi connectivity index (χ1n) is 6.63. The maximum atomic E-state index is 12.3. The molecule has 0 aromatic heterocycles. The van der Waals surface area contributed by atoms with Gasteiger partial charge in [0, 0.05) is 10.6 Å². The Morgan fingerprint density at radius 2 is 1.81 bits per heavy atom. The second-order valence-electron chi connectivity index (χ2n) is 4.72. The molecule has 2 aromatic carbocycles. The fraction of sp³-hybridized carbons (Fsp3) is 0.0556. The number of fused-ring (bicyclic) bond motifs is 1. The Labute approximate surface area is 128 Å². The normalized spacial score (nSPS) is 16.0. The van der Waals surface area contributed by atoms with Crippen LogP contribution in [0.25, 0.3) is 6.08 Å². The Kier molecular flexibility index (Phi) is 3.89. The third-order valence-electron chi connectivity index (χ3n) is 3.26. The number of allylic oxidation sites excluding steroid dienone is 2. The van der Waals surface area contributed by atoms with E-state index in [-0.39, 0.29) is 5.78 Å². The van der Waals surface area contributed by atoms with Crippen LogP contribution < -0.4 is 4.74 Å². The molecule has 1 heterocycles. The van der Waals surface area contributed by atoms with E-state index in [1.54, 1.807) is 12.1 Å². The number of rotatable bonds is 2. The molecule has 0 unspecified atom stereocenters. The lowest BCUT2D eigenvalue weighted by Crippen LogP contribution is -2.18. The summed E-state index contributed by atoms with van der Waals surface area (Å²) in [6, 6.07) is 14.8. The molecule has 3 heteroatoms. The van der Waals surface area contributed by atoms with Crippen LogP contribution >= 0.6 is 11.6 Å².